The number of rotatable bonds is 24. The number of hydrogen-bond donors (Lipinski definition) is 9. The molecule has 4 aromatic carbocycles. The number of carbonyl (C=O) groups excluding carboxylic acids is 4. The lowest BCUT2D eigenvalue weighted by Gasteiger charge is -2.62. The van der Waals surface area contributed by atoms with Crippen molar-refractivity contribution in [1.82, 2.24) is 36.3 Å². The number of carbonyl (C=O) groups is 5. The molecule has 4 aromatic rings. The number of methoxy groups -OCH3 is 2. The van der Waals surface area contributed by atoms with E-state index in [0.717, 1.165) is 48.2 Å². The lowest BCUT2D eigenvalue weighted by Crippen LogP contribution is -2.62. The predicted octanol–water partition coefficient (Wildman–Crippen LogP) is 8.27. The number of hydroxylamine groups is 4. The van der Waals surface area contributed by atoms with Gasteiger partial charge in [-0.1, -0.05) is 98.7 Å². The average Bonchev–Trinajstić information content (AvgIpc) is 1.28. The quantitative estimate of drug-likeness (QED) is 0.0319. The Morgan fingerprint density at radius 3 is 1.44 bits per heavy atom. The van der Waals surface area contributed by atoms with Crippen LogP contribution in [0.4, 0.5) is 5.69 Å². The number of para-hydroxylation sites is 2. The number of carboxylic acids is 1. The van der Waals surface area contributed by atoms with Crippen LogP contribution in [0.2, 0.25) is 0 Å². The molecule has 22 nitrogen and oxygen atoms in total. The third-order valence-electron chi connectivity index (χ3n) is 23.1. The van der Waals surface area contributed by atoms with Crippen LogP contribution < -0.4 is 35.6 Å². The Kier molecular flexibility index (Phi) is 23.8. The summed E-state index contributed by atoms with van der Waals surface area (Å²) in [4.78, 5) is 83.1. The molecule has 22 heteroatoms. The Morgan fingerprint density at radius 1 is 0.646 bits per heavy atom. The maximum absolute atomic E-state index is 14.3. The largest absolute Gasteiger partial charge is 0.496 e. The molecular weight excluding hydrogens is 1260 g/mol. The SMILES string of the molecule is CNC(=O)c1cc(C(=O)O)cc(-c2cccc(CN3O[C@@H](CO)[C@@H]([C@H](C)O)[C@H]3C(=O)N[C@H]3C[C@H]4C[C@@H]([C@@H]3C)C4(C)C)c2OC)c1.COc1c(CN2O[C@@H](CO)[C@@H]([C@H](C)O)[C@H]2C(=O)N[C@H]2C[C@H]3C[C@@H]([C@@H]2C)C3(C)C)cccc1-c1cc(C(=O)N[C@H](CN(C)C)CC(C)(C)C)cc(N(C)C)c1. The van der Waals surface area contributed by atoms with Gasteiger partial charge in [-0.2, -0.15) is 10.1 Å². The minimum Gasteiger partial charge on any atom is -0.496 e. The molecule has 4 bridgehead atoms. The van der Waals surface area contributed by atoms with E-state index in [1.165, 1.54) is 44.2 Å². The van der Waals surface area contributed by atoms with E-state index in [2.05, 4.69) is 88.5 Å². The highest BCUT2D eigenvalue weighted by Crippen LogP contribution is 2.62. The van der Waals surface area contributed by atoms with E-state index in [1.54, 1.807) is 44.2 Å². The molecule has 0 radical (unpaired) electrons. The molecular formula is C77H112N8O14. The maximum Gasteiger partial charge on any atom is 0.335 e. The van der Waals surface area contributed by atoms with Gasteiger partial charge in [0.1, 0.15) is 35.8 Å². The summed E-state index contributed by atoms with van der Waals surface area (Å²) in [6.07, 6.45) is 1.66. The lowest BCUT2D eigenvalue weighted by atomic mass is 9.45. The highest BCUT2D eigenvalue weighted by atomic mass is 16.7. The van der Waals surface area contributed by atoms with E-state index >= 15 is 0 Å². The van der Waals surface area contributed by atoms with Crippen LogP contribution in [0.3, 0.4) is 0 Å². The number of aliphatic hydroxyl groups excluding tert-OH is 4. The highest BCUT2D eigenvalue weighted by molar-refractivity contribution is 6.00. The van der Waals surface area contributed by atoms with Gasteiger partial charge in [0.15, 0.2) is 0 Å². The van der Waals surface area contributed by atoms with Gasteiger partial charge in [0, 0.05) is 96.7 Å². The lowest BCUT2D eigenvalue weighted by molar-refractivity contribution is -0.183. The van der Waals surface area contributed by atoms with Crippen molar-refractivity contribution in [1.29, 1.82) is 0 Å². The zero-order valence-electron chi connectivity index (χ0n) is 61.5. The minimum atomic E-state index is -1.18. The van der Waals surface area contributed by atoms with E-state index in [1.807, 2.05) is 75.6 Å². The smallest absolute Gasteiger partial charge is 0.335 e. The van der Waals surface area contributed by atoms with Gasteiger partial charge in [-0.05, 0) is 159 Å². The van der Waals surface area contributed by atoms with Gasteiger partial charge in [-0.25, -0.2) is 4.79 Å². The summed E-state index contributed by atoms with van der Waals surface area (Å²) < 4.78 is 11.9. The van der Waals surface area contributed by atoms with Gasteiger partial charge >= 0.3 is 5.97 Å². The predicted molar refractivity (Wildman–Crippen MR) is 381 cm³/mol. The molecule has 2 aliphatic heterocycles. The number of hydrogen-bond acceptors (Lipinski definition) is 17. The molecule has 6 saturated carbocycles. The van der Waals surface area contributed by atoms with Gasteiger partial charge in [-0.15, -0.1) is 0 Å². The molecule has 8 aliphatic rings. The zero-order chi connectivity index (χ0) is 72.7. The standard InChI is InChI=1S/C43H67N5O6.C34H45N3O8/c1-25-34-19-30(43(34,6)7)20-35(25)45-41(52)38-37(26(2)50)36(24-49)54-48(38)22-27-14-13-15-33(39(27)53-12)28-16-29(18-32(17-28)47(10)11)40(51)44-31(23-46(8)9)21-42(3,4)5;1-17-25-13-23(34(25,3)4)14-26(17)36-32(41)29-28(18(2)39)27(16-38)45-37(29)15-19-8-7-9-24(30(19)44-6)20-10-21(31(40)35-5)12-22(11-20)33(42)43/h13-18,25-26,30-31,34-38,49-50H,19-24H2,1-12H3,(H,44,51)(H,45,52);7-12,17-18,23,25-29,38-39H,13-16H2,1-6H3,(H,35,40)(H,36,41)(H,42,43)/t25-,26-,30+,31-,34-,35-,36-,37+,38-;17-,18-,23+,25-,26-,27-,28+,29-/m00/s1. The molecule has 17 atom stereocenters. The molecule has 2 saturated heterocycles. The van der Waals surface area contributed by atoms with Gasteiger partial charge < -0.3 is 66.1 Å². The Labute approximate surface area is 585 Å². The Morgan fingerprint density at radius 2 is 1.08 bits per heavy atom. The van der Waals surface area contributed by atoms with Crippen LogP contribution in [-0.2, 0) is 32.4 Å². The van der Waals surface area contributed by atoms with Crippen LogP contribution in [0.1, 0.15) is 150 Å². The number of anilines is 1. The van der Waals surface area contributed by atoms with Crippen molar-refractivity contribution in [3.8, 4) is 33.8 Å². The van der Waals surface area contributed by atoms with Gasteiger partial charge in [0.2, 0.25) is 11.8 Å². The number of likely N-dealkylation sites (N-methyl/N-ethyl adjacent to an activating group) is 1. The van der Waals surface area contributed by atoms with Crippen molar-refractivity contribution in [2.45, 2.75) is 176 Å². The Balaban J connectivity index is 0.000000235. The third-order valence-corrected chi connectivity index (χ3v) is 23.1. The van der Waals surface area contributed by atoms with Gasteiger partial charge in [0.25, 0.3) is 11.8 Å². The monoisotopic (exact) mass is 1370 g/mol. The number of aromatic carboxylic acids is 1. The molecule has 0 aromatic heterocycles. The molecule has 544 valence electrons. The molecule has 4 amide bonds. The van der Waals surface area contributed by atoms with E-state index in [9.17, 15) is 49.5 Å². The van der Waals surface area contributed by atoms with Crippen LogP contribution in [-0.4, -0.2) is 194 Å². The van der Waals surface area contributed by atoms with E-state index in [-0.39, 0.29) is 89.5 Å². The number of carboxylic acid groups (broad SMARTS) is 1. The van der Waals surface area contributed by atoms with Crippen LogP contribution >= 0.6 is 0 Å². The fraction of sp³-hybridized carbons (Fsp3) is 0.623. The van der Waals surface area contributed by atoms with E-state index in [0.29, 0.717) is 69.3 Å². The summed E-state index contributed by atoms with van der Waals surface area (Å²) in [7, 11) is 12.5. The number of amides is 4. The molecule has 2 heterocycles. The van der Waals surface area contributed by atoms with Crippen molar-refractivity contribution >= 4 is 35.3 Å². The number of nitrogens with one attached hydrogen (secondary N) is 4. The molecule has 12 rings (SSSR count). The molecule has 0 spiro atoms. The molecule has 6 aliphatic carbocycles. The first-order valence-corrected chi connectivity index (χ1v) is 35.3. The summed E-state index contributed by atoms with van der Waals surface area (Å²) in [5.41, 5.74) is 6.14. The molecule has 0 unspecified atom stereocenters. The Bertz CT molecular complexity index is 3550. The Hall–Kier alpha value is -6.73. The van der Waals surface area contributed by atoms with Crippen molar-refractivity contribution in [2.75, 3.05) is 74.1 Å². The first kappa shape index (κ1) is 76.4. The fourth-order valence-electron chi connectivity index (χ4n) is 17.6. The van der Waals surface area contributed by atoms with Crippen molar-refractivity contribution in [2.24, 2.45) is 63.6 Å². The van der Waals surface area contributed by atoms with E-state index in [4.69, 9.17) is 19.1 Å². The number of nitrogens with zero attached hydrogens (tertiary/aromatic N) is 4. The third kappa shape index (κ3) is 16.1. The number of ether oxygens (including phenoxy) is 2. The topological polar surface area (TPSA) is 284 Å². The molecule has 9 N–H and O–H groups in total. The van der Waals surface area contributed by atoms with E-state index < -0.39 is 60.2 Å². The van der Waals surface area contributed by atoms with Gasteiger partial charge in [0.05, 0.1) is 58.3 Å². The second kappa shape index (κ2) is 30.8. The first-order chi connectivity index (χ1) is 46.6. The summed E-state index contributed by atoms with van der Waals surface area (Å²) in [5, 5.41) is 67.6. The normalized spacial score (nSPS) is 28.4. The average molecular weight is 1370 g/mol. The van der Waals surface area contributed by atoms with Crippen LogP contribution in [0.5, 0.6) is 11.5 Å². The van der Waals surface area contributed by atoms with Crippen LogP contribution in [0.25, 0.3) is 22.3 Å². The summed E-state index contributed by atoms with van der Waals surface area (Å²) >= 11 is 0. The van der Waals surface area contributed by atoms with Crippen molar-refractivity contribution in [3.05, 3.63) is 101 Å². The summed E-state index contributed by atoms with van der Waals surface area (Å²) in [5.74, 6) is 0.333. The number of aliphatic hydroxyl groups is 4. The maximum atomic E-state index is 14.3. The zero-order valence-corrected chi connectivity index (χ0v) is 61.5. The second-order valence-corrected chi connectivity index (χ2v) is 32.0. The number of benzene rings is 4. The van der Waals surface area contributed by atoms with Crippen LogP contribution in [0, 0.1) is 63.6 Å². The van der Waals surface area contributed by atoms with Crippen molar-refractivity contribution < 1.29 is 68.7 Å². The summed E-state index contributed by atoms with van der Waals surface area (Å²) in [6, 6.07) is 19.7. The number of fused-ring (bicyclic) bond motifs is 4. The molecule has 8 fully saturated rings. The first-order valence-electron chi connectivity index (χ1n) is 35.3. The van der Waals surface area contributed by atoms with Crippen LogP contribution in [0.15, 0.2) is 72.8 Å². The fourth-order valence-corrected chi connectivity index (χ4v) is 17.6. The highest BCUT2D eigenvalue weighted by Gasteiger charge is 2.59. The minimum absolute atomic E-state index is 0.00726. The molecule has 99 heavy (non-hydrogen) atoms. The van der Waals surface area contributed by atoms with Crippen molar-refractivity contribution in [3.63, 3.8) is 0 Å². The summed E-state index contributed by atoms with van der Waals surface area (Å²) in [6.45, 7) is 23.8. The van der Waals surface area contributed by atoms with Gasteiger partial charge in [-0.3, -0.25) is 28.9 Å². The second-order valence-electron chi connectivity index (χ2n) is 32.0.